The highest BCUT2D eigenvalue weighted by atomic mass is 14.9. The van der Waals surface area contributed by atoms with E-state index in [-0.39, 0.29) is 0 Å². The van der Waals surface area contributed by atoms with Crippen LogP contribution in [-0.4, -0.2) is 19.1 Å². The van der Waals surface area contributed by atoms with E-state index in [0.29, 0.717) is 5.54 Å². The van der Waals surface area contributed by atoms with E-state index < -0.39 is 0 Å². The van der Waals surface area contributed by atoms with E-state index in [4.69, 9.17) is 5.73 Å². The van der Waals surface area contributed by atoms with Crippen molar-refractivity contribution in [2.24, 2.45) is 11.7 Å². The summed E-state index contributed by atoms with van der Waals surface area (Å²) in [6.07, 6.45) is 6.13. The molecular formula is C12H28N2. The molecule has 3 N–H and O–H groups in total. The zero-order chi connectivity index (χ0) is 11.0. The Kier molecular flexibility index (Phi) is 7.20. The maximum Gasteiger partial charge on any atom is 0.0190 e. The van der Waals surface area contributed by atoms with E-state index in [1.165, 1.54) is 25.7 Å². The molecular weight excluding hydrogens is 172 g/mol. The first-order chi connectivity index (χ1) is 6.60. The molecule has 0 rings (SSSR count). The third kappa shape index (κ3) is 4.97. The van der Waals surface area contributed by atoms with Gasteiger partial charge in [0, 0.05) is 5.54 Å². The Morgan fingerprint density at radius 1 is 1.21 bits per heavy atom. The summed E-state index contributed by atoms with van der Waals surface area (Å²) >= 11 is 0. The molecule has 0 amide bonds. The molecule has 0 aromatic heterocycles. The lowest BCUT2D eigenvalue weighted by molar-refractivity contribution is 0.262. The monoisotopic (exact) mass is 200 g/mol. The summed E-state index contributed by atoms with van der Waals surface area (Å²) in [4.78, 5) is 0. The SMILES string of the molecule is CCCC(CCN)(CCC(C)C)NC. The Balaban J connectivity index is 4.17. The quantitative estimate of drug-likeness (QED) is 0.632. The van der Waals surface area contributed by atoms with E-state index in [9.17, 15) is 0 Å². The predicted octanol–water partition coefficient (Wildman–Crippen LogP) is 2.53. The number of nitrogens with one attached hydrogen (secondary N) is 1. The highest BCUT2D eigenvalue weighted by molar-refractivity contribution is 4.86. The van der Waals surface area contributed by atoms with E-state index >= 15 is 0 Å². The predicted molar refractivity (Wildman–Crippen MR) is 64.4 cm³/mol. The highest BCUT2D eigenvalue weighted by Crippen LogP contribution is 2.24. The summed E-state index contributed by atoms with van der Waals surface area (Å²) in [5.41, 5.74) is 5.99. The van der Waals surface area contributed by atoms with Crippen LogP contribution in [0.5, 0.6) is 0 Å². The van der Waals surface area contributed by atoms with Crippen molar-refractivity contribution in [3.8, 4) is 0 Å². The zero-order valence-electron chi connectivity index (χ0n) is 10.4. The van der Waals surface area contributed by atoms with Gasteiger partial charge in [-0.1, -0.05) is 27.2 Å². The summed E-state index contributed by atoms with van der Waals surface area (Å²) in [6.45, 7) is 7.61. The summed E-state index contributed by atoms with van der Waals surface area (Å²) in [7, 11) is 2.08. The molecule has 0 radical (unpaired) electrons. The third-order valence-corrected chi connectivity index (χ3v) is 3.08. The zero-order valence-corrected chi connectivity index (χ0v) is 10.4. The van der Waals surface area contributed by atoms with Crippen LogP contribution < -0.4 is 11.1 Å². The van der Waals surface area contributed by atoms with Crippen molar-refractivity contribution in [3.05, 3.63) is 0 Å². The molecule has 1 atom stereocenters. The second-order valence-corrected chi connectivity index (χ2v) is 4.75. The normalized spacial score (nSPS) is 15.9. The van der Waals surface area contributed by atoms with Gasteiger partial charge >= 0.3 is 0 Å². The van der Waals surface area contributed by atoms with Gasteiger partial charge in [-0.2, -0.15) is 0 Å². The van der Waals surface area contributed by atoms with Crippen LogP contribution in [0.3, 0.4) is 0 Å². The molecule has 86 valence electrons. The van der Waals surface area contributed by atoms with Crippen LogP contribution >= 0.6 is 0 Å². The fourth-order valence-electron chi connectivity index (χ4n) is 2.07. The molecule has 1 unspecified atom stereocenters. The lowest BCUT2D eigenvalue weighted by atomic mass is 9.83. The van der Waals surface area contributed by atoms with E-state index in [2.05, 4.69) is 33.1 Å². The standard InChI is InChI=1S/C12H28N2/c1-5-7-12(14-4,9-10-13)8-6-11(2)3/h11,14H,5-10,13H2,1-4H3. The van der Waals surface area contributed by atoms with Gasteiger partial charge in [0.1, 0.15) is 0 Å². The molecule has 0 heterocycles. The van der Waals surface area contributed by atoms with Gasteiger partial charge in [-0.25, -0.2) is 0 Å². The first-order valence-corrected chi connectivity index (χ1v) is 5.99. The highest BCUT2D eigenvalue weighted by Gasteiger charge is 2.25. The van der Waals surface area contributed by atoms with Crippen LogP contribution in [0, 0.1) is 5.92 Å². The number of hydrogen-bond acceptors (Lipinski definition) is 2. The van der Waals surface area contributed by atoms with Gasteiger partial charge in [0.2, 0.25) is 0 Å². The Morgan fingerprint density at radius 3 is 2.21 bits per heavy atom. The second-order valence-electron chi connectivity index (χ2n) is 4.75. The molecule has 2 nitrogen and oxygen atoms in total. The molecule has 0 fully saturated rings. The largest absolute Gasteiger partial charge is 0.330 e. The van der Waals surface area contributed by atoms with Crippen LogP contribution in [0.15, 0.2) is 0 Å². The van der Waals surface area contributed by atoms with Crippen molar-refractivity contribution in [3.63, 3.8) is 0 Å². The molecule has 0 saturated carbocycles. The minimum Gasteiger partial charge on any atom is -0.330 e. The van der Waals surface area contributed by atoms with Gasteiger partial charge in [-0.05, 0) is 45.2 Å². The molecule has 0 aliphatic carbocycles. The fourth-order valence-corrected chi connectivity index (χ4v) is 2.07. The van der Waals surface area contributed by atoms with Crippen LogP contribution in [0.2, 0.25) is 0 Å². The maximum atomic E-state index is 5.69. The van der Waals surface area contributed by atoms with E-state index in [1.54, 1.807) is 0 Å². The van der Waals surface area contributed by atoms with Crippen LogP contribution in [0.4, 0.5) is 0 Å². The second kappa shape index (κ2) is 7.24. The lowest BCUT2D eigenvalue weighted by Gasteiger charge is -2.34. The average Bonchev–Trinajstić information content (AvgIpc) is 2.15. The molecule has 0 aromatic carbocycles. The average molecular weight is 200 g/mol. The molecule has 0 aliphatic rings. The summed E-state index contributed by atoms with van der Waals surface area (Å²) < 4.78 is 0. The summed E-state index contributed by atoms with van der Waals surface area (Å²) in [5.74, 6) is 0.789. The van der Waals surface area contributed by atoms with E-state index in [1.807, 2.05) is 0 Å². The fraction of sp³-hybridized carbons (Fsp3) is 1.00. The van der Waals surface area contributed by atoms with E-state index in [0.717, 1.165) is 18.9 Å². The number of rotatable bonds is 8. The van der Waals surface area contributed by atoms with Gasteiger partial charge in [0.15, 0.2) is 0 Å². The van der Waals surface area contributed by atoms with Crippen molar-refractivity contribution in [2.75, 3.05) is 13.6 Å². The van der Waals surface area contributed by atoms with Crippen molar-refractivity contribution in [1.82, 2.24) is 5.32 Å². The van der Waals surface area contributed by atoms with Crippen LogP contribution in [-0.2, 0) is 0 Å². The van der Waals surface area contributed by atoms with Crippen molar-refractivity contribution in [2.45, 2.75) is 58.4 Å². The molecule has 0 saturated heterocycles. The Labute approximate surface area is 89.6 Å². The topological polar surface area (TPSA) is 38.0 Å². The number of hydrogen-bond donors (Lipinski definition) is 2. The third-order valence-electron chi connectivity index (χ3n) is 3.08. The van der Waals surface area contributed by atoms with Crippen molar-refractivity contribution >= 4 is 0 Å². The minimum absolute atomic E-state index is 0.299. The van der Waals surface area contributed by atoms with Gasteiger partial charge < -0.3 is 11.1 Å². The van der Waals surface area contributed by atoms with Gasteiger partial charge in [0.05, 0.1) is 0 Å². The molecule has 2 heteroatoms. The Hall–Kier alpha value is -0.0800. The molecule has 0 aromatic rings. The maximum absolute atomic E-state index is 5.69. The van der Waals surface area contributed by atoms with Crippen LogP contribution in [0.1, 0.15) is 52.9 Å². The summed E-state index contributed by atoms with van der Waals surface area (Å²) in [5, 5.41) is 3.49. The van der Waals surface area contributed by atoms with Crippen molar-refractivity contribution in [1.29, 1.82) is 0 Å². The lowest BCUT2D eigenvalue weighted by Crippen LogP contribution is -2.44. The minimum atomic E-state index is 0.299. The first kappa shape index (κ1) is 13.9. The van der Waals surface area contributed by atoms with Gasteiger partial charge in [-0.3, -0.25) is 0 Å². The van der Waals surface area contributed by atoms with Gasteiger partial charge in [0.25, 0.3) is 0 Å². The smallest absolute Gasteiger partial charge is 0.0190 e. The molecule has 0 aliphatic heterocycles. The summed E-state index contributed by atoms with van der Waals surface area (Å²) in [6, 6.07) is 0. The molecule has 0 bridgehead atoms. The number of nitrogens with two attached hydrogens (primary N) is 1. The van der Waals surface area contributed by atoms with Gasteiger partial charge in [-0.15, -0.1) is 0 Å². The van der Waals surface area contributed by atoms with Crippen LogP contribution in [0.25, 0.3) is 0 Å². The molecule has 0 spiro atoms. The van der Waals surface area contributed by atoms with Crippen molar-refractivity contribution < 1.29 is 0 Å². The first-order valence-electron chi connectivity index (χ1n) is 5.99. The Bertz CT molecular complexity index is 126. The molecule has 14 heavy (non-hydrogen) atoms. The Morgan fingerprint density at radius 2 is 1.86 bits per heavy atom.